The number of phenolic OH excluding ortho intramolecular Hbond substituents is 1. The minimum absolute atomic E-state index is 0.101. The standard InChI is InChI=1S/C17H18N2O3/c1-12-7-13(2)9-16(8-12)22-11-17(21)19-18-10-14-3-5-15(20)6-4-14/h3-10,20H,11H2,1-2H3,(H,19,21)/b18-10-. The number of hydrogen-bond donors (Lipinski definition) is 2. The Balaban J connectivity index is 1.81. The maximum atomic E-state index is 11.6. The number of aromatic hydroxyl groups is 1. The molecule has 2 aromatic carbocycles. The summed E-state index contributed by atoms with van der Waals surface area (Å²) < 4.78 is 5.43. The Labute approximate surface area is 129 Å². The van der Waals surface area contributed by atoms with Crippen LogP contribution >= 0.6 is 0 Å². The highest BCUT2D eigenvalue weighted by Gasteiger charge is 2.02. The van der Waals surface area contributed by atoms with Crippen LogP contribution in [0.4, 0.5) is 0 Å². The summed E-state index contributed by atoms with van der Waals surface area (Å²) in [5, 5.41) is 13.0. The lowest BCUT2D eigenvalue weighted by molar-refractivity contribution is -0.123. The van der Waals surface area contributed by atoms with Gasteiger partial charge in [0.15, 0.2) is 6.61 Å². The molecule has 0 aromatic heterocycles. The Morgan fingerprint density at radius 2 is 1.82 bits per heavy atom. The second-order valence-corrected chi connectivity index (χ2v) is 5.00. The van der Waals surface area contributed by atoms with E-state index in [1.54, 1.807) is 24.3 Å². The van der Waals surface area contributed by atoms with E-state index in [9.17, 15) is 4.79 Å². The van der Waals surface area contributed by atoms with Crippen molar-refractivity contribution in [3.63, 3.8) is 0 Å². The SMILES string of the molecule is Cc1cc(C)cc(OCC(=O)N/N=C\c2ccc(O)cc2)c1. The van der Waals surface area contributed by atoms with Gasteiger partial charge in [-0.2, -0.15) is 5.10 Å². The number of hydrogen-bond acceptors (Lipinski definition) is 4. The van der Waals surface area contributed by atoms with E-state index in [4.69, 9.17) is 9.84 Å². The first kappa shape index (κ1) is 15.6. The summed E-state index contributed by atoms with van der Waals surface area (Å²) in [5.41, 5.74) is 5.33. The minimum atomic E-state index is -0.339. The Morgan fingerprint density at radius 3 is 2.45 bits per heavy atom. The molecule has 0 atom stereocenters. The van der Waals surface area contributed by atoms with Gasteiger partial charge in [-0.25, -0.2) is 5.43 Å². The minimum Gasteiger partial charge on any atom is -0.508 e. The summed E-state index contributed by atoms with van der Waals surface area (Å²) in [5.74, 6) is 0.507. The lowest BCUT2D eigenvalue weighted by Gasteiger charge is -2.07. The molecule has 0 unspecified atom stereocenters. The lowest BCUT2D eigenvalue weighted by Crippen LogP contribution is -2.24. The van der Waals surface area contributed by atoms with E-state index in [1.165, 1.54) is 6.21 Å². The van der Waals surface area contributed by atoms with Crippen LogP contribution in [0.1, 0.15) is 16.7 Å². The zero-order valence-corrected chi connectivity index (χ0v) is 12.5. The average molecular weight is 298 g/mol. The van der Waals surface area contributed by atoms with Crippen LogP contribution in [-0.2, 0) is 4.79 Å². The zero-order chi connectivity index (χ0) is 15.9. The summed E-state index contributed by atoms with van der Waals surface area (Å²) >= 11 is 0. The summed E-state index contributed by atoms with van der Waals surface area (Å²) in [4.78, 5) is 11.6. The molecule has 0 spiro atoms. The maximum absolute atomic E-state index is 11.6. The molecule has 0 radical (unpaired) electrons. The monoisotopic (exact) mass is 298 g/mol. The number of rotatable bonds is 5. The number of amides is 1. The first-order valence-electron chi connectivity index (χ1n) is 6.85. The maximum Gasteiger partial charge on any atom is 0.277 e. The number of carbonyl (C=O) groups excluding carboxylic acids is 1. The second kappa shape index (κ2) is 7.26. The highest BCUT2D eigenvalue weighted by Crippen LogP contribution is 2.15. The smallest absolute Gasteiger partial charge is 0.277 e. The molecule has 5 nitrogen and oxygen atoms in total. The van der Waals surface area contributed by atoms with Gasteiger partial charge in [0.25, 0.3) is 5.91 Å². The highest BCUT2D eigenvalue weighted by atomic mass is 16.5. The van der Waals surface area contributed by atoms with Crippen LogP contribution in [0.5, 0.6) is 11.5 Å². The summed E-state index contributed by atoms with van der Waals surface area (Å²) in [6.07, 6.45) is 1.49. The number of phenols is 1. The van der Waals surface area contributed by atoms with Gasteiger partial charge in [0.05, 0.1) is 6.21 Å². The molecule has 0 saturated heterocycles. The molecular formula is C17H18N2O3. The van der Waals surface area contributed by atoms with E-state index in [-0.39, 0.29) is 18.3 Å². The van der Waals surface area contributed by atoms with Crippen molar-refractivity contribution < 1.29 is 14.6 Å². The zero-order valence-electron chi connectivity index (χ0n) is 12.5. The van der Waals surface area contributed by atoms with Crippen molar-refractivity contribution in [2.75, 3.05) is 6.61 Å². The van der Waals surface area contributed by atoms with Crippen LogP contribution in [0.15, 0.2) is 47.6 Å². The van der Waals surface area contributed by atoms with E-state index in [2.05, 4.69) is 10.5 Å². The fourth-order valence-electron chi connectivity index (χ4n) is 1.94. The Hall–Kier alpha value is -2.82. The number of carbonyl (C=O) groups is 1. The number of hydrazone groups is 1. The van der Waals surface area contributed by atoms with E-state index in [0.29, 0.717) is 5.75 Å². The molecule has 0 fully saturated rings. The largest absolute Gasteiger partial charge is 0.508 e. The average Bonchev–Trinajstić information content (AvgIpc) is 2.46. The van der Waals surface area contributed by atoms with Gasteiger partial charge < -0.3 is 9.84 Å². The van der Waals surface area contributed by atoms with Gasteiger partial charge >= 0.3 is 0 Å². The fraction of sp³-hybridized carbons (Fsp3) is 0.176. The third-order valence-corrected chi connectivity index (χ3v) is 2.86. The van der Waals surface area contributed by atoms with Crippen LogP contribution in [-0.4, -0.2) is 23.8 Å². The van der Waals surface area contributed by atoms with E-state index < -0.39 is 0 Å². The number of nitrogens with one attached hydrogen (secondary N) is 1. The van der Waals surface area contributed by atoms with Gasteiger partial charge in [0.1, 0.15) is 11.5 Å². The van der Waals surface area contributed by atoms with Crippen LogP contribution in [0, 0.1) is 13.8 Å². The first-order valence-corrected chi connectivity index (χ1v) is 6.85. The van der Waals surface area contributed by atoms with Gasteiger partial charge in [-0.3, -0.25) is 4.79 Å². The van der Waals surface area contributed by atoms with Gasteiger partial charge in [-0.15, -0.1) is 0 Å². The van der Waals surface area contributed by atoms with Crippen molar-refractivity contribution >= 4 is 12.1 Å². The van der Waals surface area contributed by atoms with Crippen molar-refractivity contribution in [1.29, 1.82) is 0 Å². The van der Waals surface area contributed by atoms with Gasteiger partial charge in [0.2, 0.25) is 0 Å². The predicted molar refractivity (Wildman–Crippen MR) is 85.3 cm³/mol. The Kier molecular flexibility index (Phi) is 5.14. The number of nitrogens with zero attached hydrogens (tertiary/aromatic N) is 1. The van der Waals surface area contributed by atoms with Gasteiger partial charge in [-0.05, 0) is 66.9 Å². The van der Waals surface area contributed by atoms with Gasteiger partial charge in [0, 0.05) is 0 Å². The molecule has 0 aliphatic heterocycles. The molecular weight excluding hydrogens is 280 g/mol. The molecule has 0 aliphatic carbocycles. The molecule has 0 saturated carbocycles. The van der Waals surface area contributed by atoms with E-state index in [1.807, 2.05) is 32.0 Å². The van der Waals surface area contributed by atoms with Crippen molar-refractivity contribution in [3.05, 3.63) is 59.2 Å². The summed E-state index contributed by atoms with van der Waals surface area (Å²) in [6.45, 7) is 3.85. The fourth-order valence-corrected chi connectivity index (χ4v) is 1.94. The third-order valence-electron chi connectivity index (χ3n) is 2.86. The van der Waals surface area contributed by atoms with Crippen molar-refractivity contribution in [2.24, 2.45) is 5.10 Å². The quantitative estimate of drug-likeness (QED) is 0.658. The highest BCUT2D eigenvalue weighted by molar-refractivity contribution is 5.83. The van der Waals surface area contributed by atoms with Crippen LogP contribution in [0.3, 0.4) is 0 Å². The normalized spacial score (nSPS) is 10.6. The van der Waals surface area contributed by atoms with E-state index in [0.717, 1.165) is 16.7 Å². The topological polar surface area (TPSA) is 70.9 Å². The molecule has 22 heavy (non-hydrogen) atoms. The molecule has 2 rings (SSSR count). The van der Waals surface area contributed by atoms with Crippen LogP contribution in [0.2, 0.25) is 0 Å². The van der Waals surface area contributed by atoms with Crippen molar-refractivity contribution in [2.45, 2.75) is 13.8 Å². The van der Waals surface area contributed by atoms with Crippen LogP contribution in [0.25, 0.3) is 0 Å². The van der Waals surface area contributed by atoms with Crippen molar-refractivity contribution in [1.82, 2.24) is 5.43 Å². The lowest BCUT2D eigenvalue weighted by atomic mass is 10.1. The van der Waals surface area contributed by atoms with Crippen LogP contribution < -0.4 is 10.2 Å². The first-order chi connectivity index (χ1) is 10.5. The van der Waals surface area contributed by atoms with Crippen molar-refractivity contribution in [3.8, 4) is 11.5 Å². The molecule has 2 N–H and O–H groups in total. The van der Waals surface area contributed by atoms with Gasteiger partial charge in [-0.1, -0.05) is 6.07 Å². The second-order valence-electron chi connectivity index (χ2n) is 5.00. The number of ether oxygens (including phenoxy) is 1. The summed E-state index contributed by atoms with van der Waals surface area (Å²) in [7, 11) is 0. The Morgan fingerprint density at radius 1 is 1.18 bits per heavy atom. The third kappa shape index (κ3) is 4.94. The molecule has 0 heterocycles. The number of benzene rings is 2. The Bertz CT molecular complexity index is 659. The number of aryl methyl sites for hydroxylation is 2. The molecule has 0 bridgehead atoms. The molecule has 1 amide bonds. The predicted octanol–water partition coefficient (Wildman–Crippen LogP) is 2.54. The summed E-state index contributed by atoms with van der Waals surface area (Å²) in [6, 6.07) is 12.3. The molecule has 5 heteroatoms. The molecule has 114 valence electrons. The molecule has 2 aromatic rings. The molecule has 0 aliphatic rings. The van der Waals surface area contributed by atoms with E-state index >= 15 is 0 Å².